The van der Waals surface area contributed by atoms with Crippen LogP contribution < -0.4 is 0 Å². The number of hydrogen-bond acceptors (Lipinski definition) is 1. The van der Waals surface area contributed by atoms with Gasteiger partial charge in [-0.1, -0.05) is 60.7 Å². The van der Waals surface area contributed by atoms with E-state index in [-0.39, 0.29) is 5.78 Å². The van der Waals surface area contributed by atoms with Gasteiger partial charge in [0.1, 0.15) is 0 Å². The Morgan fingerprint density at radius 3 is 1.57 bits per heavy atom. The lowest BCUT2D eigenvalue weighted by atomic mass is 9.78. The lowest BCUT2D eigenvalue weighted by Crippen LogP contribution is -2.22. The summed E-state index contributed by atoms with van der Waals surface area (Å²) in [7, 11) is 0. The molecule has 0 unspecified atom stereocenters. The van der Waals surface area contributed by atoms with Crippen molar-refractivity contribution in [2.45, 2.75) is 19.3 Å². The molecule has 0 aliphatic heterocycles. The Morgan fingerprint density at radius 2 is 1.13 bits per heavy atom. The van der Waals surface area contributed by atoms with Crippen LogP contribution in [0.3, 0.4) is 0 Å². The van der Waals surface area contributed by atoms with Crippen molar-refractivity contribution in [3.8, 4) is 0 Å². The second kappa shape index (κ2) is 6.00. The van der Waals surface area contributed by atoms with Crippen molar-refractivity contribution in [1.29, 1.82) is 0 Å². The molecule has 1 heteroatoms. The van der Waals surface area contributed by atoms with E-state index in [1.165, 1.54) is 0 Å². The molecule has 2 aromatic rings. The van der Waals surface area contributed by atoms with Crippen molar-refractivity contribution in [2.75, 3.05) is 0 Å². The normalized spacial score (nSPS) is 26.9. The Kier molecular flexibility index (Phi) is 3.70. The highest BCUT2D eigenvalue weighted by Gasteiger charge is 2.40. The first-order valence-corrected chi connectivity index (χ1v) is 8.39. The van der Waals surface area contributed by atoms with Crippen molar-refractivity contribution < 1.29 is 4.79 Å². The van der Waals surface area contributed by atoms with E-state index in [0.29, 0.717) is 11.8 Å². The van der Waals surface area contributed by atoms with Crippen molar-refractivity contribution in [3.63, 3.8) is 0 Å². The van der Waals surface area contributed by atoms with Crippen LogP contribution in [0.1, 0.15) is 30.4 Å². The number of benzene rings is 2. The van der Waals surface area contributed by atoms with Gasteiger partial charge >= 0.3 is 0 Å². The Hall–Kier alpha value is -2.41. The largest absolute Gasteiger partial charge is 0.289 e. The van der Waals surface area contributed by atoms with Crippen LogP contribution in [0, 0.1) is 11.8 Å². The van der Waals surface area contributed by atoms with E-state index in [4.69, 9.17) is 0 Å². The van der Waals surface area contributed by atoms with Crippen molar-refractivity contribution >= 4 is 17.9 Å². The highest BCUT2D eigenvalue weighted by molar-refractivity contribution is 6.15. The second-order valence-corrected chi connectivity index (χ2v) is 6.56. The SMILES string of the molecule is O=C1/C(=C\c2ccccc2)[C@@H]2CC[C@@H](C2)/C1=C/c1ccccc1. The van der Waals surface area contributed by atoms with Gasteiger partial charge in [0.15, 0.2) is 5.78 Å². The van der Waals surface area contributed by atoms with Crippen LogP contribution in [0.4, 0.5) is 0 Å². The molecule has 2 saturated carbocycles. The summed E-state index contributed by atoms with van der Waals surface area (Å²) in [6.07, 6.45) is 7.62. The fourth-order valence-electron chi connectivity index (χ4n) is 3.91. The topological polar surface area (TPSA) is 17.1 Å². The molecule has 0 amide bonds. The average Bonchev–Trinajstić information content (AvgIpc) is 3.04. The Bertz CT molecular complexity index is 703. The van der Waals surface area contributed by atoms with E-state index in [1.54, 1.807) is 0 Å². The van der Waals surface area contributed by atoms with E-state index in [9.17, 15) is 4.79 Å². The van der Waals surface area contributed by atoms with Gasteiger partial charge in [-0.2, -0.15) is 0 Å². The van der Waals surface area contributed by atoms with Crippen LogP contribution in [0.25, 0.3) is 12.2 Å². The van der Waals surface area contributed by atoms with Gasteiger partial charge in [-0.3, -0.25) is 4.79 Å². The van der Waals surface area contributed by atoms with E-state index in [2.05, 4.69) is 36.4 Å². The first-order chi connectivity index (χ1) is 11.3. The molecule has 2 aromatic carbocycles. The monoisotopic (exact) mass is 300 g/mol. The highest BCUT2D eigenvalue weighted by atomic mass is 16.1. The van der Waals surface area contributed by atoms with Crippen molar-refractivity contribution in [1.82, 2.24) is 0 Å². The lowest BCUT2D eigenvalue weighted by molar-refractivity contribution is -0.113. The molecule has 114 valence electrons. The summed E-state index contributed by atoms with van der Waals surface area (Å²) < 4.78 is 0. The number of allylic oxidation sites excluding steroid dienone is 2. The molecule has 0 N–H and O–H groups in total. The van der Waals surface area contributed by atoms with E-state index >= 15 is 0 Å². The number of fused-ring (bicyclic) bond motifs is 2. The lowest BCUT2D eigenvalue weighted by Gasteiger charge is -2.24. The van der Waals surface area contributed by atoms with Gasteiger partial charge in [-0.15, -0.1) is 0 Å². The maximum absolute atomic E-state index is 13.1. The fourth-order valence-corrected chi connectivity index (χ4v) is 3.91. The van der Waals surface area contributed by atoms with Gasteiger partial charge in [0, 0.05) is 11.1 Å². The second-order valence-electron chi connectivity index (χ2n) is 6.56. The van der Waals surface area contributed by atoms with E-state index in [1.807, 2.05) is 36.4 Å². The molecule has 0 heterocycles. The maximum Gasteiger partial charge on any atom is 0.185 e. The molecule has 2 bridgehead atoms. The third kappa shape index (κ3) is 2.79. The van der Waals surface area contributed by atoms with Crippen LogP contribution in [-0.4, -0.2) is 5.78 Å². The van der Waals surface area contributed by atoms with Gasteiger partial charge in [-0.05, 0) is 54.4 Å². The molecule has 23 heavy (non-hydrogen) atoms. The van der Waals surface area contributed by atoms with E-state index < -0.39 is 0 Å². The van der Waals surface area contributed by atoms with E-state index in [0.717, 1.165) is 41.5 Å². The molecular formula is C22H20O. The molecule has 2 atom stereocenters. The standard InChI is InChI=1S/C22H20O/c23-22-20(13-16-7-3-1-4-8-16)18-11-12-19(15-18)21(22)14-17-9-5-2-6-10-17/h1-10,13-14,18-19H,11-12,15H2/b20-13-,21-14-/t18-,19+. The predicted octanol–water partition coefficient (Wildman–Crippen LogP) is 5.15. The number of carbonyl (C=O) groups excluding carboxylic acids is 1. The average molecular weight is 300 g/mol. The quantitative estimate of drug-likeness (QED) is 0.701. The van der Waals surface area contributed by atoms with Crippen molar-refractivity contribution in [3.05, 3.63) is 82.9 Å². The van der Waals surface area contributed by atoms with Gasteiger partial charge < -0.3 is 0 Å². The Morgan fingerprint density at radius 1 is 0.696 bits per heavy atom. The Labute approximate surface area is 137 Å². The molecule has 0 aromatic heterocycles. The molecule has 0 spiro atoms. The number of hydrogen-bond donors (Lipinski definition) is 0. The first kappa shape index (κ1) is 14.2. The first-order valence-electron chi connectivity index (χ1n) is 8.39. The number of ketones is 1. The highest BCUT2D eigenvalue weighted by Crippen LogP contribution is 2.47. The van der Waals surface area contributed by atoms with Crippen molar-refractivity contribution in [2.24, 2.45) is 11.8 Å². The minimum absolute atomic E-state index is 0.261. The summed E-state index contributed by atoms with van der Waals surface area (Å²) >= 11 is 0. The number of rotatable bonds is 2. The summed E-state index contributed by atoms with van der Waals surface area (Å²) in [5.74, 6) is 1.15. The van der Waals surface area contributed by atoms with Gasteiger partial charge in [0.2, 0.25) is 0 Å². The minimum Gasteiger partial charge on any atom is -0.289 e. The molecule has 4 rings (SSSR count). The Balaban J connectivity index is 1.73. The molecule has 1 nitrogen and oxygen atoms in total. The summed E-state index contributed by atoms with van der Waals surface area (Å²) in [4.78, 5) is 13.1. The minimum atomic E-state index is 0.261. The summed E-state index contributed by atoms with van der Waals surface area (Å²) in [5.41, 5.74) is 4.26. The molecular weight excluding hydrogens is 280 g/mol. The summed E-state index contributed by atoms with van der Waals surface area (Å²) in [6.45, 7) is 0. The smallest absolute Gasteiger partial charge is 0.185 e. The van der Waals surface area contributed by atoms with Crippen LogP contribution in [0.5, 0.6) is 0 Å². The third-order valence-corrected chi connectivity index (χ3v) is 5.08. The van der Waals surface area contributed by atoms with Gasteiger partial charge in [-0.25, -0.2) is 0 Å². The number of carbonyl (C=O) groups is 1. The molecule has 0 radical (unpaired) electrons. The zero-order chi connectivity index (χ0) is 15.6. The third-order valence-electron chi connectivity index (χ3n) is 5.08. The van der Waals surface area contributed by atoms with Crippen LogP contribution in [-0.2, 0) is 4.79 Å². The summed E-state index contributed by atoms with van der Waals surface area (Å²) in [6, 6.07) is 20.4. The predicted molar refractivity (Wildman–Crippen MR) is 94.7 cm³/mol. The molecule has 2 aliphatic rings. The van der Waals surface area contributed by atoms with Crippen LogP contribution in [0.15, 0.2) is 71.8 Å². The zero-order valence-electron chi connectivity index (χ0n) is 13.1. The zero-order valence-corrected chi connectivity index (χ0v) is 13.1. The molecule has 2 fully saturated rings. The summed E-state index contributed by atoms with van der Waals surface area (Å²) in [5, 5.41) is 0. The number of Topliss-reactive ketones (excluding diaryl/α,β-unsaturated/α-hetero) is 1. The van der Waals surface area contributed by atoms with Gasteiger partial charge in [0.05, 0.1) is 0 Å². The molecule has 2 aliphatic carbocycles. The van der Waals surface area contributed by atoms with Crippen LogP contribution >= 0.6 is 0 Å². The van der Waals surface area contributed by atoms with Crippen LogP contribution in [0.2, 0.25) is 0 Å². The molecule has 0 saturated heterocycles. The van der Waals surface area contributed by atoms with Gasteiger partial charge in [0.25, 0.3) is 0 Å². The fraction of sp³-hybridized carbons (Fsp3) is 0.227. The maximum atomic E-state index is 13.1.